The van der Waals surface area contributed by atoms with Gasteiger partial charge in [-0.15, -0.1) is 11.3 Å². The van der Waals surface area contributed by atoms with E-state index in [1.165, 1.54) is 30.6 Å². The lowest BCUT2D eigenvalue weighted by molar-refractivity contribution is -0.119. The topological polar surface area (TPSA) is 81.7 Å². The Morgan fingerprint density at radius 2 is 1.80 bits per heavy atom. The second-order valence-corrected chi connectivity index (χ2v) is 6.50. The van der Waals surface area contributed by atoms with Gasteiger partial charge in [0.2, 0.25) is 0 Å². The highest BCUT2D eigenvalue weighted by Crippen LogP contribution is 2.22. The number of hydrogen-bond acceptors (Lipinski definition) is 6. The molecule has 25 heavy (non-hydrogen) atoms. The summed E-state index contributed by atoms with van der Waals surface area (Å²) in [7, 11) is 1.30. The molecule has 0 atom stereocenters. The minimum Gasteiger partial charge on any atom is -0.465 e. The molecule has 0 aliphatic carbocycles. The monoisotopic (exact) mass is 361 g/mol. The van der Waals surface area contributed by atoms with Gasteiger partial charge in [0, 0.05) is 10.6 Å². The van der Waals surface area contributed by atoms with Crippen LogP contribution in [-0.4, -0.2) is 31.6 Å². The summed E-state index contributed by atoms with van der Waals surface area (Å²) in [4.78, 5) is 36.8. The van der Waals surface area contributed by atoms with Crippen molar-refractivity contribution in [2.24, 2.45) is 0 Å². The van der Waals surface area contributed by atoms with Crippen LogP contribution in [0.25, 0.3) is 0 Å². The number of hydrogen-bond donors (Lipinski definition) is 1. The van der Waals surface area contributed by atoms with E-state index in [4.69, 9.17) is 4.74 Å². The van der Waals surface area contributed by atoms with E-state index in [9.17, 15) is 14.4 Å². The molecule has 2 aromatic rings. The first-order chi connectivity index (χ1) is 11.9. The number of anilines is 1. The van der Waals surface area contributed by atoms with E-state index in [-0.39, 0.29) is 6.61 Å². The third-order valence-electron chi connectivity index (χ3n) is 3.53. The van der Waals surface area contributed by atoms with Gasteiger partial charge in [-0.05, 0) is 49.2 Å². The van der Waals surface area contributed by atoms with Crippen LogP contribution >= 0.6 is 11.3 Å². The smallest absolute Gasteiger partial charge is 0.348 e. The molecule has 0 saturated heterocycles. The Kier molecular flexibility index (Phi) is 6.30. The Morgan fingerprint density at radius 3 is 2.36 bits per heavy atom. The maximum Gasteiger partial charge on any atom is 0.348 e. The summed E-state index contributed by atoms with van der Waals surface area (Å²) in [6.07, 6.45) is 0.845. The molecular formula is C18H19NO5S. The quantitative estimate of drug-likeness (QED) is 0.799. The van der Waals surface area contributed by atoms with Gasteiger partial charge in [-0.3, -0.25) is 4.79 Å². The zero-order chi connectivity index (χ0) is 18.4. The Balaban J connectivity index is 1.87. The van der Waals surface area contributed by atoms with Crippen molar-refractivity contribution in [1.29, 1.82) is 0 Å². The number of aryl methyl sites for hydroxylation is 2. The number of carbonyl (C=O) groups excluding carboxylic acids is 3. The van der Waals surface area contributed by atoms with Gasteiger partial charge in [0.1, 0.15) is 4.88 Å². The van der Waals surface area contributed by atoms with Crippen LogP contribution in [-0.2, 0) is 20.7 Å². The Hall–Kier alpha value is -2.67. The summed E-state index contributed by atoms with van der Waals surface area (Å²) in [5.41, 5.74) is 1.98. The van der Waals surface area contributed by atoms with Crippen LogP contribution < -0.4 is 5.32 Å². The number of methoxy groups -OCH3 is 1. The first kappa shape index (κ1) is 18.7. The van der Waals surface area contributed by atoms with E-state index >= 15 is 0 Å². The van der Waals surface area contributed by atoms with Crippen LogP contribution in [0.2, 0.25) is 0 Å². The molecule has 0 unspecified atom stereocenters. The predicted molar refractivity (Wildman–Crippen MR) is 95.1 cm³/mol. The molecule has 2 rings (SSSR count). The van der Waals surface area contributed by atoms with Crippen LogP contribution in [0.4, 0.5) is 5.69 Å². The standard InChI is InChI=1S/C18H19NO5S/c1-4-12-9-15(25-11(12)2)18(22)24-10-16(20)19-14-7-5-13(6-8-14)17(21)23-3/h5-9H,4,10H2,1-3H3,(H,19,20). The molecule has 132 valence electrons. The second-order valence-electron chi connectivity index (χ2n) is 5.24. The molecule has 0 fully saturated rings. The lowest BCUT2D eigenvalue weighted by Crippen LogP contribution is -2.20. The molecule has 0 radical (unpaired) electrons. The van der Waals surface area contributed by atoms with Crippen LogP contribution in [0.3, 0.4) is 0 Å². The van der Waals surface area contributed by atoms with Crippen molar-refractivity contribution in [1.82, 2.24) is 0 Å². The molecule has 0 spiro atoms. The van der Waals surface area contributed by atoms with E-state index in [0.717, 1.165) is 16.9 Å². The Labute approximate surface area is 149 Å². The fourth-order valence-electron chi connectivity index (χ4n) is 2.18. The van der Waals surface area contributed by atoms with Crippen molar-refractivity contribution >= 4 is 34.9 Å². The van der Waals surface area contributed by atoms with Crippen LogP contribution in [0, 0.1) is 6.92 Å². The van der Waals surface area contributed by atoms with Crippen LogP contribution in [0.5, 0.6) is 0 Å². The molecule has 1 aromatic heterocycles. The maximum atomic E-state index is 12.0. The zero-order valence-corrected chi connectivity index (χ0v) is 15.1. The lowest BCUT2D eigenvalue weighted by atomic mass is 10.2. The first-order valence-electron chi connectivity index (χ1n) is 7.69. The molecule has 1 N–H and O–H groups in total. The number of thiophene rings is 1. The summed E-state index contributed by atoms with van der Waals surface area (Å²) in [6, 6.07) is 8.01. The average Bonchev–Trinajstić information content (AvgIpc) is 3.00. The van der Waals surface area contributed by atoms with Gasteiger partial charge in [0.05, 0.1) is 12.7 Å². The molecule has 0 saturated carbocycles. The van der Waals surface area contributed by atoms with Crippen molar-refractivity contribution in [2.45, 2.75) is 20.3 Å². The second kappa shape index (κ2) is 8.43. The van der Waals surface area contributed by atoms with Crippen LogP contribution in [0.15, 0.2) is 30.3 Å². The summed E-state index contributed by atoms with van der Waals surface area (Å²) < 4.78 is 9.64. The Morgan fingerprint density at radius 1 is 1.12 bits per heavy atom. The average molecular weight is 361 g/mol. The van der Waals surface area contributed by atoms with Crippen molar-refractivity contribution in [3.05, 3.63) is 51.2 Å². The van der Waals surface area contributed by atoms with Crippen LogP contribution in [0.1, 0.15) is 37.4 Å². The normalized spacial score (nSPS) is 10.2. The van der Waals surface area contributed by atoms with Gasteiger partial charge < -0.3 is 14.8 Å². The maximum absolute atomic E-state index is 12.0. The van der Waals surface area contributed by atoms with Gasteiger partial charge in [-0.2, -0.15) is 0 Å². The highest BCUT2D eigenvalue weighted by atomic mass is 32.1. The minimum absolute atomic E-state index is 0.379. The molecule has 0 aliphatic rings. The third-order valence-corrected chi connectivity index (χ3v) is 4.60. The van der Waals surface area contributed by atoms with Crippen molar-refractivity contribution < 1.29 is 23.9 Å². The van der Waals surface area contributed by atoms with Gasteiger partial charge in [-0.1, -0.05) is 6.92 Å². The van der Waals surface area contributed by atoms with Crippen molar-refractivity contribution in [3.8, 4) is 0 Å². The summed E-state index contributed by atoms with van der Waals surface area (Å²) in [5.74, 6) is -1.42. The molecule has 6 nitrogen and oxygen atoms in total. The first-order valence-corrected chi connectivity index (χ1v) is 8.51. The molecule has 1 aromatic carbocycles. The lowest BCUT2D eigenvalue weighted by Gasteiger charge is -2.06. The number of nitrogens with one attached hydrogen (secondary N) is 1. The van der Waals surface area contributed by atoms with Gasteiger partial charge >= 0.3 is 11.9 Å². The number of esters is 2. The predicted octanol–water partition coefficient (Wildman–Crippen LogP) is 3.20. The number of amides is 1. The largest absolute Gasteiger partial charge is 0.465 e. The molecule has 1 amide bonds. The zero-order valence-electron chi connectivity index (χ0n) is 14.3. The van der Waals surface area contributed by atoms with E-state index in [1.807, 2.05) is 13.8 Å². The van der Waals surface area contributed by atoms with E-state index in [0.29, 0.717) is 16.1 Å². The number of ether oxygens (including phenoxy) is 2. The minimum atomic E-state index is -0.510. The van der Waals surface area contributed by atoms with E-state index in [1.54, 1.807) is 18.2 Å². The number of benzene rings is 1. The fourth-order valence-corrected chi connectivity index (χ4v) is 3.19. The molecule has 7 heteroatoms. The van der Waals surface area contributed by atoms with Gasteiger partial charge in [0.15, 0.2) is 6.61 Å². The SMILES string of the molecule is CCc1cc(C(=O)OCC(=O)Nc2ccc(C(=O)OC)cc2)sc1C. The summed E-state index contributed by atoms with van der Waals surface area (Å²) in [5, 5.41) is 2.60. The van der Waals surface area contributed by atoms with Crippen molar-refractivity contribution in [3.63, 3.8) is 0 Å². The Bertz CT molecular complexity index is 779. The fraction of sp³-hybridized carbons (Fsp3) is 0.278. The number of carbonyl (C=O) groups is 3. The molecular weight excluding hydrogens is 342 g/mol. The summed E-state index contributed by atoms with van der Waals surface area (Å²) in [6.45, 7) is 3.59. The highest BCUT2D eigenvalue weighted by Gasteiger charge is 2.15. The summed E-state index contributed by atoms with van der Waals surface area (Å²) >= 11 is 1.36. The van der Waals surface area contributed by atoms with E-state index < -0.39 is 17.8 Å². The third kappa shape index (κ3) is 4.90. The molecule has 0 aliphatic heterocycles. The van der Waals surface area contributed by atoms with E-state index in [2.05, 4.69) is 10.1 Å². The van der Waals surface area contributed by atoms with Gasteiger partial charge in [-0.25, -0.2) is 9.59 Å². The van der Waals surface area contributed by atoms with Gasteiger partial charge in [0.25, 0.3) is 5.91 Å². The van der Waals surface area contributed by atoms with Crippen molar-refractivity contribution in [2.75, 3.05) is 19.0 Å². The number of rotatable bonds is 6. The molecule has 0 bridgehead atoms. The highest BCUT2D eigenvalue weighted by molar-refractivity contribution is 7.14. The molecule has 1 heterocycles.